The van der Waals surface area contributed by atoms with Gasteiger partial charge in [0.15, 0.2) is 11.5 Å². The Hall–Kier alpha value is -2.01. The van der Waals surface area contributed by atoms with Crippen molar-refractivity contribution in [1.82, 2.24) is 4.72 Å². The summed E-state index contributed by atoms with van der Waals surface area (Å²) in [5.41, 5.74) is 0. The second kappa shape index (κ2) is 8.02. The Bertz CT molecular complexity index is 816. The Balaban J connectivity index is 1.82. The molecule has 1 aromatic heterocycles. The van der Waals surface area contributed by atoms with Gasteiger partial charge in [-0.25, -0.2) is 8.42 Å². The summed E-state index contributed by atoms with van der Waals surface area (Å²) >= 11 is 1.23. The summed E-state index contributed by atoms with van der Waals surface area (Å²) in [6.07, 6.45) is 0. The summed E-state index contributed by atoms with van der Waals surface area (Å²) in [6.45, 7) is 2.05. The van der Waals surface area contributed by atoms with Crippen molar-refractivity contribution < 1.29 is 17.9 Å². The second-order valence-electron chi connectivity index (χ2n) is 4.48. The van der Waals surface area contributed by atoms with Crippen LogP contribution in [0.1, 0.15) is 4.88 Å². The average molecular weight is 351 g/mol. The Morgan fingerprint density at radius 2 is 1.87 bits per heavy atom. The quantitative estimate of drug-likeness (QED) is 0.812. The van der Waals surface area contributed by atoms with Gasteiger partial charge < -0.3 is 9.47 Å². The number of aryl methyl sites for hydroxylation is 1. The van der Waals surface area contributed by atoms with Crippen molar-refractivity contribution in [3.63, 3.8) is 0 Å². The molecule has 2 aromatic rings. The average Bonchev–Trinajstić information content (AvgIpc) is 2.98. The van der Waals surface area contributed by atoms with Crippen LogP contribution in [0, 0.1) is 18.8 Å². The number of hydrogen-bond donors (Lipinski definition) is 1. The Morgan fingerprint density at radius 1 is 1.13 bits per heavy atom. The van der Waals surface area contributed by atoms with E-state index < -0.39 is 10.0 Å². The monoisotopic (exact) mass is 351 g/mol. The number of sulfonamides is 1. The molecule has 0 spiro atoms. The van der Waals surface area contributed by atoms with Crippen LogP contribution < -0.4 is 14.2 Å². The van der Waals surface area contributed by atoms with Crippen LogP contribution in [0.4, 0.5) is 0 Å². The van der Waals surface area contributed by atoms with E-state index in [0.29, 0.717) is 15.7 Å². The number of methoxy groups -OCH3 is 1. The van der Waals surface area contributed by atoms with E-state index in [-0.39, 0.29) is 13.2 Å². The predicted octanol–water partition coefficient (Wildman–Crippen LogP) is 2.43. The maximum atomic E-state index is 12.0. The highest BCUT2D eigenvalue weighted by Crippen LogP contribution is 2.25. The number of benzene rings is 1. The van der Waals surface area contributed by atoms with Gasteiger partial charge in [-0.15, -0.1) is 11.3 Å². The standard InChI is InChI=1S/C16H17NO4S2/c1-13-9-10-16(22-13)23(18,19)17-11-5-6-12-21-15-8-4-3-7-14(15)20-2/h3-4,7-10,17H,11-12H2,1-2H3. The van der Waals surface area contributed by atoms with Gasteiger partial charge in [0.2, 0.25) is 0 Å². The molecule has 0 saturated heterocycles. The van der Waals surface area contributed by atoms with Crippen LogP contribution in [0.15, 0.2) is 40.6 Å². The van der Waals surface area contributed by atoms with E-state index in [1.807, 2.05) is 19.1 Å². The smallest absolute Gasteiger partial charge is 0.250 e. The lowest BCUT2D eigenvalue weighted by Crippen LogP contribution is -2.23. The number of para-hydroxylation sites is 2. The van der Waals surface area contributed by atoms with E-state index in [1.165, 1.54) is 11.3 Å². The van der Waals surface area contributed by atoms with Gasteiger partial charge in [0.05, 0.1) is 13.7 Å². The van der Waals surface area contributed by atoms with Crippen LogP contribution in [0.5, 0.6) is 11.5 Å². The zero-order valence-corrected chi connectivity index (χ0v) is 14.5. The molecule has 0 fully saturated rings. The van der Waals surface area contributed by atoms with Crippen LogP contribution in [-0.4, -0.2) is 28.7 Å². The lowest BCUT2D eigenvalue weighted by molar-refractivity contribution is 0.331. The lowest BCUT2D eigenvalue weighted by Gasteiger charge is -2.07. The highest BCUT2D eigenvalue weighted by Gasteiger charge is 2.14. The lowest BCUT2D eigenvalue weighted by atomic mass is 10.3. The first-order valence-electron chi connectivity index (χ1n) is 6.80. The minimum absolute atomic E-state index is 0.0363. The summed E-state index contributed by atoms with van der Waals surface area (Å²) in [7, 11) is -1.92. The summed E-state index contributed by atoms with van der Waals surface area (Å²) in [5, 5.41) is 0. The van der Waals surface area contributed by atoms with Crippen LogP contribution in [0.25, 0.3) is 0 Å². The number of thiophene rings is 1. The van der Waals surface area contributed by atoms with Gasteiger partial charge in [0, 0.05) is 4.88 Å². The molecular weight excluding hydrogens is 334 g/mol. The van der Waals surface area contributed by atoms with E-state index in [0.717, 1.165) is 4.88 Å². The normalized spacial score (nSPS) is 10.7. The molecule has 0 saturated carbocycles. The first kappa shape index (κ1) is 17.3. The molecule has 7 heteroatoms. The fourth-order valence-corrected chi connectivity index (χ4v) is 3.98. The third-order valence-corrected chi connectivity index (χ3v) is 5.72. The first-order valence-corrected chi connectivity index (χ1v) is 9.10. The Kier molecular flexibility index (Phi) is 6.04. The van der Waals surface area contributed by atoms with Crippen molar-refractivity contribution in [2.24, 2.45) is 0 Å². The van der Waals surface area contributed by atoms with Crippen LogP contribution in [0.3, 0.4) is 0 Å². The Labute approximate surface area is 140 Å². The highest BCUT2D eigenvalue weighted by atomic mass is 32.2. The van der Waals surface area contributed by atoms with Crippen molar-refractivity contribution in [2.75, 3.05) is 20.3 Å². The van der Waals surface area contributed by atoms with E-state index in [4.69, 9.17) is 9.47 Å². The molecule has 2 rings (SSSR count). The van der Waals surface area contributed by atoms with Gasteiger partial charge in [0.25, 0.3) is 10.0 Å². The summed E-state index contributed by atoms with van der Waals surface area (Å²) < 4.78 is 37.3. The zero-order valence-electron chi connectivity index (χ0n) is 12.8. The molecular formula is C16H17NO4S2. The first-order chi connectivity index (χ1) is 11.0. The molecule has 0 radical (unpaired) electrons. The molecule has 23 heavy (non-hydrogen) atoms. The van der Waals surface area contributed by atoms with Crippen molar-refractivity contribution in [2.45, 2.75) is 11.1 Å². The second-order valence-corrected chi connectivity index (χ2v) is 7.76. The number of rotatable bonds is 6. The number of nitrogens with one attached hydrogen (secondary N) is 1. The fraction of sp³-hybridized carbons (Fsp3) is 0.250. The number of hydrogen-bond acceptors (Lipinski definition) is 5. The fourth-order valence-electron chi connectivity index (χ4n) is 1.72. The van der Waals surface area contributed by atoms with Gasteiger partial charge in [-0.2, -0.15) is 4.72 Å². The largest absolute Gasteiger partial charge is 0.493 e. The third-order valence-electron chi connectivity index (χ3n) is 2.83. The van der Waals surface area contributed by atoms with Gasteiger partial charge in [-0.05, 0) is 31.2 Å². The van der Waals surface area contributed by atoms with Gasteiger partial charge in [-0.3, -0.25) is 0 Å². The minimum Gasteiger partial charge on any atom is -0.493 e. The minimum atomic E-state index is -3.48. The molecule has 5 nitrogen and oxygen atoms in total. The van der Waals surface area contributed by atoms with E-state index >= 15 is 0 Å². The molecule has 122 valence electrons. The SMILES string of the molecule is COc1ccccc1OCC#CCNS(=O)(=O)c1ccc(C)s1. The van der Waals surface area contributed by atoms with Crippen molar-refractivity contribution in [3.05, 3.63) is 41.3 Å². The molecule has 0 aliphatic rings. The molecule has 1 N–H and O–H groups in total. The van der Waals surface area contributed by atoms with Gasteiger partial charge in [0.1, 0.15) is 10.8 Å². The molecule has 0 amide bonds. The summed E-state index contributed by atoms with van der Waals surface area (Å²) in [6, 6.07) is 10.6. The molecule has 1 aromatic carbocycles. The maximum absolute atomic E-state index is 12.0. The molecule has 0 unspecified atom stereocenters. The van der Waals surface area contributed by atoms with E-state index in [2.05, 4.69) is 16.6 Å². The van der Waals surface area contributed by atoms with Crippen LogP contribution in [-0.2, 0) is 10.0 Å². The van der Waals surface area contributed by atoms with Crippen LogP contribution >= 0.6 is 11.3 Å². The predicted molar refractivity (Wildman–Crippen MR) is 90.5 cm³/mol. The molecule has 0 bridgehead atoms. The van der Waals surface area contributed by atoms with Crippen molar-refractivity contribution in [3.8, 4) is 23.3 Å². The maximum Gasteiger partial charge on any atom is 0.250 e. The van der Waals surface area contributed by atoms with Gasteiger partial charge >= 0.3 is 0 Å². The third kappa shape index (κ3) is 4.99. The molecule has 0 aliphatic heterocycles. The summed E-state index contributed by atoms with van der Waals surface area (Å²) in [4.78, 5) is 0.946. The molecule has 0 aliphatic carbocycles. The van der Waals surface area contributed by atoms with E-state index in [1.54, 1.807) is 31.4 Å². The molecule has 0 atom stereocenters. The molecule has 1 heterocycles. The Morgan fingerprint density at radius 3 is 2.52 bits per heavy atom. The number of ether oxygens (including phenoxy) is 2. The van der Waals surface area contributed by atoms with Crippen LogP contribution in [0.2, 0.25) is 0 Å². The van der Waals surface area contributed by atoms with E-state index in [9.17, 15) is 8.42 Å². The topological polar surface area (TPSA) is 64.6 Å². The van der Waals surface area contributed by atoms with Crippen molar-refractivity contribution in [1.29, 1.82) is 0 Å². The van der Waals surface area contributed by atoms with Gasteiger partial charge in [-0.1, -0.05) is 24.0 Å². The highest BCUT2D eigenvalue weighted by molar-refractivity contribution is 7.91. The zero-order chi connectivity index (χ0) is 16.7. The van der Waals surface area contributed by atoms with Crippen molar-refractivity contribution >= 4 is 21.4 Å². The summed E-state index contributed by atoms with van der Waals surface area (Å²) in [5.74, 6) is 6.71.